The van der Waals surface area contributed by atoms with Gasteiger partial charge in [-0.25, -0.2) is 0 Å². The van der Waals surface area contributed by atoms with Crippen molar-refractivity contribution in [3.8, 4) is 0 Å². The minimum absolute atomic E-state index is 0. The highest BCUT2D eigenvalue weighted by Crippen LogP contribution is 2.03. The molecule has 0 N–H and O–H groups in total. The predicted octanol–water partition coefficient (Wildman–Crippen LogP) is 2.39. The third kappa shape index (κ3) is 2.91. The number of ketones is 1. The van der Waals surface area contributed by atoms with Crippen LogP contribution in [-0.2, 0) is 0 Å². The van der Waals surface area contributed by atoms with Gasteiger partial charge in [-0.15, -0.1) is 12.4 Å². The molecule has 66 valence electrons. The zero-order valence-electron chi connectivity index (χ0n) is 6.58. The van der Waals surface area contributed by atoms with Crippen LogP contribution >= 0.6 is 28.3 Å². The Balaban J connectivity index is 0.00000121. The summed E-state index contributed by atoms with van der Waals surface area (Å²) in [5.41, 5.74) is 1.59. The minimum Gasteiger partial charge on any atom is -0.293 e. The number of rotatable bonds is 2. The molecule has 0 radical (unpaired) electrons. The van der Waals surface area contributed by atoms with Crippen LogP contribution in [0.3, 0.4) is 0 Å². The number of halogens is 2. The lowest BCUT2D eigenvalue weighted by molar-refractivity contribution is 0.102. The van der Waals surface area contributed by atoms with E-state index < -0.39 is 0 Å². The fourth-order valence-electron chi connectivity index (χ4n) is 0.796. The second kappa shape index (κ2) is 5.27. The molecule has 4 heteroatoms. The number of carbonyl (C=O) groups is 1. The predicted molar refractivity (Wildman–Crippen MR) is 54.3 cm³/mol. The number of pyridine rings is 1. The van der Waals surface area contributed by atoms with Gasteiger partial charge in [0.1, 0.15) is 0 Å². The van der Waals surface area contributed by atoms with Crippen LogP contribution < -0.4 is 0 Å². The van der Waals surface area contributed by atoms with Crippen molar-refractivity contribution < 1.29 is 4.79 Å². The summed E-state index contributed by atoms with van der Waals surface area (Å²) in [6.45, 7) is 1.87. The van der Waals surface area contributed by atoms with Crippen molar-refractivity contribution in [3.05, 3.63) is 29.6 Å². The average molecular weight is 251 g/mol. The van der Waals surface area contributed by atoms with Gasteiger partial charge in [-0.2, -0.15) is 0 Å². The molecule has 1 aromatic rings. The van der Waals surface area contributed by atoms with Gasteiger partial charge in [-0.1, -0.05) is 15.9 Å². The molecule has 0 saturated carbocycles. The van der Waals surface area contributed by atoms with Gasteiger partial charge in [-0.3, -0.25) is 9.78 Å². The fraction of sp³-hybridized carbons (Fsp3) is 0.250. The van der Waals surface area contributed by atoms with Gasteiger partial charge in [0.2, 0.25) is 0 Å². The summed E-state index contributed by atoms with van der Waals surface area (Å²) in [4.78, 5) is 15.1. The first-order valence-electron chi connectivity index (χ1n) is 3.26. The zero-order chi connectivity index (χ0) is 8.27. The molecule has 1 heterocycles. The maximum absolute atomic E-state index is 11.1. The Hall–Kier alpha value is -0.410. The molecule has 2 nitrogen and oxygen atoms in total. The Morgan fingerprint density at radius 3 is 2.83 bits per heavy atom. The van der Waals surface area contributed by atoms with Crippen LogP contribution in [0.5, 0.6) is 0 Å². The SMILES string of the molecule is Cc1cc(C(=O)CBr)ccn1.Cl. The standard InChI is InChI=1S/C8H8BrNO.ClH/c1-6-4-7(2-3-10-6)8(11)5-9;/h2-4H,5H2,1H3;1H. The van der Waals surface area contributed by atoms with Crippen molar-refractivity contribution in [2.75, 3.05) is 5.33 Å². The lowest BCUT2D eigenvalue weighted by atomic mass is 10.2. The number of aryl methyl sites for hydroxylation is 1. The number of Topliss-reactive ketones (excluding diaryl/α,β-unsaturated/α-hetero) is 1. The van der Waals surface area contributed by atoms with E-state index in [1.54, 1.807) is 18.3 Å². The van der Waals surface area contributed by atoms with E-state index in [1.165, 1.54) is 0 Å². The van der Waals surface area contributed by atoms with Crippen molar-refractivity contribution in [2.24, 2.45) is 0 Å². The first-order chi connectivity index (χ1) is 5.24. The Bertz CT molecular complexity index is 278. The van der Waals surface area contributed by atoms with Crippen LogP contribution in [-0.4, -0.2) is 16.1 Å². The van der Waals surface area contributed by atoms with E-state index in [4.69, 9.17) is 0 Å². The normalized spacial score (nSPS) is 8.83. The molecule has 0 aliphatic rings. The molecule has 0 atom stereocenters. The molecule has 1 aromatic heterocycles. The second-order valence-corrected chi connectivity index (χ2v) is 2.80. The van der Waals surface area contributed by atoms with E-state index in [2.05, 4.69) is 20.9 Å². The average Bonchev–Trinajstić information content (AvgIpc) is 2.03. The molecule has 0 fully saturated rings. The highest BCUT2D eigenvalue weighted by molar-refractivity contribution is 9.09. The maximum atomic E-state index is 11.1. The van der Waals surface area contributed by atoms with Gasteiger partial charge in [0, 0.05) is 17.5 Å². The summed E-state index contributed by atoms with van der Waals surface area (Å²) in [5.74, 6) is 0.0931. The first kappa shape index (κ1) is 11.6. The summed E-state index contributed by atoms with van der Waals surface area (Å²) in [6.07, 6.45) is 1.64. The molecule has 0 amide bonds. The van der Waals surface area contributed by atoms with Crippen molar-refractivity contribution >= 4 is 34.1 Å². The summed E-state index contributed by atoms with van der Waals surface area (Å²) in [5, 5.41) is 0.371. The largest absolute Gasteiger partial charge is 0.293 e. The molecular formula is C8H9BrClNO. The summed E-state index contributed by atoms with van der Waals surface area (Å²) >= 11 is 3.11. The lowest BCUT2D eigenvalue weighted by Crippen LogP contribution is -2.00. The number of aromatic nitrogens is 1. The minimum atomic E-state index is 0. The molecule has 0 saturated heterocycles. The monoisotopic (exact) mass is 249 g/mol. The van der Waals surface area contributed by atoms with E-state index in [0.717, 1.165) is 11.3 Å². The van der Waals surface area contributed by atoms with Crippen LogP contribution in [0.2, 0.25) is 0 Å². The second-order valence-electron chi connectivity index (χ2n) is 2.24. The topological polar surface area (TPSA) is 30.0 Å². The third-order valence-electron chi connectivity index (χ3n) is 1.34. The van der Waals surface area contributed by atoms with Crippen LogP contribution in [0.25, 0.3) is 0 Å². The van der Waals surface area contributed by atoms with Gasteiger partial charge < -0.3 is 0 Å². The third-order valence-corrected chi connectivity index (χ3v) is 1.85. The Morgan fingerprint density at radius 1 is 1.67 bits per heavy atom. The molecule has 0 aliphatic heterocycles. The van der Waals surface area contributed by atoms with E-state index in [1.807, 2.05) is 6.92 Å². The van der Waals surface area contributed by atoms with Gasteiger partial charge >= 0.3 is 0 Å². The van der Waals surface area contributed by atoms with Crippen LogP contribution in [0.1, 0.15) is 16.1 Å². The van der Waals surface area contributed by atoms with Crippen molar-refractivity contribution in [3.63, 3.8) is 0 Å². The first-order valence-corrected chi connectivity index (χ1v) is 4.38. The number of alkyl halides is 1. The van der Waals surface area contributed by atoms with Gasteiger partial charge in [-0.05, 0) is 19.1 Å². The van der Waals surface area contributed by atoms with Crippen molar-refractivity contribution in [1.29, 1.82) is 0 Å². The smallest absolute Gasteiger partial charge is 0.173 e. The maximum Gasteiger partial charge on any atom is 0.173 e. The van der Waals surface area contributed by atoms with E-state index in [9.17, 15) is 4.79 Å². The Morgan fingerprint density at radius 2 is 2.33 bits per heavy atom. The molecule has 0 unspecified atom stereocenters. The van der Waals surface area contributed by atoms with Crippen LogP contribution in [0.4, 0.5) is 0 Å². The van der Waals surface area contributed by atoms with Gasteiger partial charge in [0.05, 0.1) is 5.33 Å². The van der Waals surface area contributed by atoms with Gasteiger partial charge in [0.25, 0.3) is 0 Å². The summed E-state index contributed by atoms with van der Waals surface area (Å²) in [6, 6.07) is 3.50. The number of nitrogens with zero attached hydrogens (tertiary/aromatic N) is 1. The summed E-state index contributed by atoms with van der Waals surface area (Å²) in [7, 11) is 0. The molecule has 0 aromatic carbocycles. The molecule has 12 heavy (non-hydrogen) atoms. The van der Waals surface area contributed by atoms with Gasteiger partial charge in [0.15, 0.2) is 5.78 Å². The number of hydrogen-bond acceptors (Lipinski definition) is 2. The zero-order valence-corrected chi connectivity index (χ0v) is 8.98. The number of carbonyl (C=O) groups excluding carboxylic acids is 1. The quantitative estimate of drug-likeness (QED) is 0.596. The van der Waals surface area contributed by atoms with E-state index in [0.29, 0.717) is 5.33 Å². The van der Waals surface area contributed by atoms with Crippen LogP contribution in [0.15, 0.2) is 18.3 Å². The van der Waals surface area contributed by atoms with Crippen molar-refractivity contribution in [2.45, 2.75) is 6.92 Å². The van der Waals surface area contributed by atoms with Crippen molar-refractivity contribution in [1.82, 2.24) is 4.98 Å². The number of hydrogen-bond donors (Lipinski definition) is 0. The lowest BCUT2D eigenvalue weighted by Gasteiger charge is -1.96. The summed E-state index contributed by atoms with van der Waals surface area (Å²) < 4.78 is 0. The Kier molecular flexibility index (Phi) is 5.09. The molecule has 0 aliphatic carbocycles. The molecule has 0 bridgehead atoms. The molecule has 0 spiro atoms. The fourth-order valence-corrected chi connectivity index (χ4v) is 1.12. The molecular weight excluding hydrogens is 241 g/mol. The van der Waals surface area contributed by atoms with E-state index >= 15 is 0 Å². The van der Waals surface area contributed by atoms with Crippen LogP contribution in [0, 0.1) is 6.92 Å². The van der Waals surface area contributed by atoms with E-state index in [-0.39, 0.29) is 18.2 Å². The highest BCUT2D eigenvalue weighted by atomic mass is 79.9. The highest BCUT2D eigenvalue weighted by Gasteiger charge is 2.02. The molecule has 1 rings (SSSR count). The Labute approximate surface area is 85.9 Å².